The Morgan fingerprint density at radius 2 is 1.86 bits per heavy atom. The molecule has 0 unspecified atom stereocenters. The largest absolute Gasteiger partial charge is 0.314 e. The maximum absolute atomic E-state index is 14.2. The van der Waals surface area contributed by atoms with Gasteiger partial charge in [-0.3, -0.25) is 4.90 Å². The first-order valence-electron chi connectivity index (χ1n) is 6.80. The van der Waals surface area contributed by atoms with E-state index in [0.717, 1.165) is 37.1 Å². The van der Waals surface area contributed by atoms with Crippen molar-refractivity contribution in [3.63, 3.8) is 0 Å². The Kier molecular flexibility index (Phi) is 6.17. The summed E-state index contributed by atoms with van der Waals surface area (Å²) >= 11 is 7.43. The van der Waals surface area contributed by atoms with Crippen LogP contribution in [0.25, 0.3) is 0 Å². The van der Waals surface area contributed by atoms with Crippen molar-refractivity contribution < 1.29 is 8.78 Å². The van der Waals surface area contributed by atoms with Crippen molar-refractivity contribution in [2.24, 2.45) is 0 Å². The molecule has 1 fully saturated rings. The predicted molar refractivity (Wildman–Crippen MR) is 89.2 cm³/mol. The Bertz CT molecular complexity index is 630. The van der Waals surface area contributed by atoms with Crippen molar-refractivity contribution in [1.82, 2.24) is 10.2 Å². The second kappa shape index (κ2) is 7.70. The van der Waals surface area contributed by atoms with Gasteiger partial charge < -0.3 is 5.32 Å². The number of thiophene rings is 1. The molecule has 1 aromatic carbocycles. The quantitative estimate of drug-likeness (QED) is 0.881. The topological polar surface area (TPSA) is 15.3 Å². The summed E-state index contributed by atoms with van der Waals surface area (Å²) < 4.78 is 28.5. The minimum atomic E-state index is -0.422. The molecule has 22 heavy (non-hydrogen) atoms. The Labute approximate surface area is 143 Å². The second-order valence-electron chi connectivity index (χ2n) is 5.00. The highest BCUT2D eigenvalue weighted by atomic mass is 35.5. The van der Waals surface area contributed by atoms with Gasteiger partial charge in [0.25, 0.3) is 0 Å². The minimum absolute atomic E-state index is 0. The van der Waals surface area contributed by atoms with Crippen LogP contribution >= 0.6 is 35.3 Å². The van der Waals surface area contributed by atoms with Crippen LogP contribution in [0.3, 0.4) is 0 Å². The first-order chi connectivity index (χ1) is 10.1. The lowest BCUT2D eigenvalue weighted by atomic mass is 10.0. The molecule has 2 nitrogen and oxygen atoms in total. The summed E-state index contributed by atoms with van der Waals surface area (Å²) in [5.41, 5.74) is 0.371. The zero-order chi connectivity index (χ0) is 14.8. The Hall–Kier alpha value is -0.720. The molecule has 0 bridgehead atoms. The molecule has 0 saturated carbocycles. The summed E-state index contributed by atoms with van der Waals surface area (Å²) in [5.74, 6) is -0.807. The normalized spacial score (nSPS) is 17.0. The molecule has 2 aromatic rings. The molecule has 120 valence electrons. The summed E-state index contributed by atoms with van der Waals surface area (Å²) in [7, 11) is 0. The van der Waals surface area contributed by atoms with Crippen LogP contribution in [-0.4, -0.2) is 31.1 Å². The molecule has 2 heterocycles. The third kappa shape index (κ3) is 3.78. The van der Waals surface area contributed by atoms with E-state index in [9.17, 15) is 8.78 Å². The monoisotopic (exact) mass is 364 g/mol. The van der Waals surface area contributed by atoms with Crippen LogP contribution in [-0.2, 0) is 0 Å². The molecule has 0 amide bonds. The van der Waals surface area contributed by atoms with E-state index in [1.165, 1.54) is 23.5 Å². The van der Waals surface area contributed by atoms with E-state index in [-0.39, 0.29) is 24.3 Å². The number of hydrogen-bond acceptors (Lipinski definition) is 3. The highest BCUT2D eigenvalue weighted by Crippen LogP contribution is 2.36. The van der Waals surface area contributed by atoms with E-state index < -0.39 is 5.82 Å². The predicted octanol–water partition coefficient (Wildman–Crippen LogP) is 4.10. The third-order valence-electron chi connectivity index (χ3n) is 3.63. The lowest BCUT2D eigenvalue weighted by molar-refractivity contribution is 0.197. The van der Waals surface area contributed by atoms with Crippen LogP contribution in [0.15, 0.2) is 30.3 Å². The number of rotatable bonds is 3. The molecule has 1 aromatic heterocycles. The molecule has 1 atom stereocenters. The van der Waals surface area contributed by atoms with E-state index in [0.29, 0.717) is 9.90 Å². The van der Waals surface area contributed by atoms with Gasteiger partial charge in [0.2, 0.25) is 0 Å². The van der Waals surface area contributed by atoms with Crippen LogP contribution in [0.4, 0.5) is 8.78 Å². The maximum atomic E-state index is 14.2. The fraction of sp³-hybridized carbons (Fsp3) is 0.333. The SMILES string of the molecule is Cl.Fc1ccc(F)c([C@H](c2ccc(Cl)s2)N2CCNCC2)c1. The Morgan fingerprint density at radius 3 is 2.50 bits per heavy atom. The first kappa shape index (κ1) is 17.6. The van der Waals surface area contributed by atoms with Crippen molar-refractivity contribution in [2.45, 2.75) is 6.04 Å². The molecular formula is C15H16Cl2F2N2S. The Morgan fingerprint density at radius 1 is 1.14 bits per heavy atom. The van der Waals surface area contributed by atoms with Gasteiger partial charge >= 0.3 is 0 Å². The molecular weight excluding hydrogens is 349 g/mol. The average molecular weight is 365 g/mol. The number of piperazine rings is 1. The molecule has 1 N–H and O–H groups in total. The standard InChI is InChI=1S/C15H15ClF2N2S.ClH/c16-14-4-3-13(21-14)15(20-7-5-19-6-8-20)11-9-10(17)1-2-12(11)18;/h1-4,9,15,19H,5-8H2;1H/t15-;/m1./s1. The zero-order valence-electron chi connectivity index (χ0n) is 11.7. The number of hydrogen-bond donors (Lipinski definition) is 1. The van der Waals surface area contributed by atoms with E-state index in [1.807, 2.05) is 6.07 Å². The van der Waals surface area contributed by atoms with E-state index in [4.69, 9.17) is 11.6 Å². The van der Waals surface area contributed by atoms with Crippen molar-refractivity contribution in [2.75, 3.05) is 26.2 Å². The number of nitrogens with zero attached hydrogens (tertiary/aromatic N) is 1. The van der Waals surface area contributed by atoms with Crippen molar-refractivity contribution in [3.05, 3.63) is 56.7 Å². The highest BCUT2D eigenvalue weighted by Gasteiger charge is 2.27. The average Bonchev–Trinajstić information content (AvgIpc) is 2.90. The van der Waals surface area contributed by atoms with Crippen molar-refractivity contribution in [3.8, 4) is 0 Å². The van der Waals surface area contributed by atoms with Gasteiger partial charge in [-0.2, -0.15) is 0 Å². The summed E-state index contributed by atoms with van der Waals surface area (Å²) in [4.78, 5) is 3.10. The summed E-state index contributed by atoms with van der Waals surface area (Å²) in [5, 5.41) is 3.27. The van der Waals surface area contributed by atoms with Crippen LogP contribution in [0.1, 0.15) is 16.5 Å². The van der Waals surface area contributed by atoms with Crippen molar-refractivity contribution in [1.29, 1.82) is 0 Å². The lowest BCUT2D eigenvalue weighted by Crippen LogP contribution is -2.45. The number of nitrogens with one attached hydrogen (secondary N) is 1. The van der Waals surface area contributed by atoms with Gasteiger partial charge in [-0.1, -0.05) is 11.6 Å². The number of halogens is 4. The van der Waals surface area contributed by atoms with E-state index >= 15 is 0 Å². The first-order valence-corrected chi connectivity index (χ1v) is 7.99. The summed E-state index contributed by atoms with van der Waals surface area (Å²) in [6.45, 7) is 3.26. The molecule has 0 spiro atoms. The van der Waals surface area contributed by atoms with Gasteiger partial charge in [0, 0.05) is 36.6 Å². The molecule has 1 aliphatic rings. The van der Waals surface area contributed by atoms with Gasteiger partial charge in [0.05, 0.1) is 10.4 Å². The van der Waals surface area contributed by atoms with Gasteiger partial charge in [0.1, 0.15) is 11.6 Å². The fourth-order valence-electron chi connectivity index (χ4n) is 2.67. The smallest absolute Gasteiger partial charge is 0.128 e. The molecule has 7 heteroatoms. The lowest BCUT2D eigenvalue weighted by Gasteiger charge is -2.34. The van der Waals surface area contributed by atoms with Gasteiger partial charge in [-0.15, -0.1) is 23.7 Å². The fourth-order valence-corrected chi connectivity index (χ4v) is 3.88. The molecule has 1 aliphatic heterocycles. The molecule has 3 rings (SSSR count). The highest BCUT2D eigenvalue weighted by molar-refractivity contribution is 7.16. The van der Waals surface area contributed by atoms with Gasteiger partial charge in [0.15, 0.2) is 0 Å². The van der Waals surface area contributed by atoms with Crippen LogP contribution in [0.2, 0.25) is 4.34 Å². The van der Waals surface area contributed by atoms with Crippen LogP contribution in [0, 0.1) is 11.6 Å². The Balaban J connectivity index is 0.00000176. The van der Waals surface area contributed by atoms with Crippen LogP contribution in [0.5, 0.6) is 0 Å². The third-order valence-corrected chi connectivity index (χ3v) is 4.92. The second-order valence-corrected chi connectivity index (χ2v) is 6.74. The van der Waals surface area contributed by atoms with Gasteiger partial charge in [-0.05, 0) is 30.3 Å². The van der Waals surface area contributed by atoms with Crippen LogP contribution < -0.4 is 5.32 Å². The summed E-state index contributed by atoms with van der Waals surface area (Å²) in [6, 6.07) is 7.03. The van der Waals surface area contributed by atoms with Crippen molar-refractivity contribution >= 4 is 35.3 Å². The van der Waals surface area contributed by atoms with E-state index in [2.05, 4.69) is 10.2 Å². The number of benzene rings is 1. The molecule has 1 saturated heterocycles. The maximum Gasteiger partial charge on any atom is 0.128 e. The molecule has 0 aliphatic carbocycles. The minimum Gasteiger partial charge on any atom is -0.314 e. The zero-order valence-corrected chi connectivity index (χ0v) is 14.1. The molecule has 0 radical (unpaired) electrons. The van der Waals surface area contributed by atoms with Gasteiger partial charge in [-0.25, -0.2) is 8.78 Å². The van der Waals surface area contributed by atoms with E-state index in [1.54, 1.807) is 6.07 Å². The summed E-state index contributed by atoms with van der Waals surface area (Å²) in [6.07, 6.45) is 0.